The van der Waals surface area contributed by atoms with Gasteiger partial charge in [-0.15, -0.1) is 11.3 Å². The quantitative estimate of drug-likeness (QED) is 0.678. The van der Waals surface area contributed by atoms with Gasteiger partial charge in [-0.3, -0.25) is 20.4 Å². The Morgan fingerprint density at radius 2 is 1.85 bits per heavy atom. The molecule has 0 saturated carbocycles. The van der Waals surface area contributed by atoms with Gasteiger partial charge in [-0.2, -0.15) is 0 Å². The first-order chi connectivity index (χ1) is 12.5. The lowest BCUT2D eigenvalue weighted by Crippen LogP contribution is -2.41. The summed E-state index contributed by atoms with van der Waals surface area (Å²) in [4.78, 5) is 25.9. The summed E-state index contributed by atoms with van der Waals surface area (Å²) < 4.78 is 19.2. The lowest BCUT2D eigenvalue weighted by Gasteiger charge is -2.04. The molecule has 2 heterocycles. The number of hydrazine groups is 1. The minimum Gasteiger partial charge on any atom is -0.451 e. The van der Waals surface area contributed by atoms with Crippen LogP contribution in [0.25, 0.3) is 11.3 Å². The van der Waals surface area contributed by atoms with Crippen molar-refractivity contribution in [3.63, 3.8) is 0 Å². The van der Waals surface area contributed by atoms with Crippen molar-refractivity contribution in [2.45, 2.75) is 20.3 Å². The summed E-state index contributed by atoms with van der Waals surface area (Å²) >= 11 is 1.39. The predicted octanol–water partition coefficient (Wildman–Crippen LogP) is 4.09. The molecule has 3 rings (SSSR count). The van der Waals surface area contributed by atoms with Gasteiger partial charge in [-0.25, -0.2) is 4.39 Å². The number of furan rings is 1. The van der Waals surface area contributed by atoms with E-state index in [9.17, 15) is 14.0 Å². The topological polar surface area (TPSA) is 71.3 Å². The van der Waals surface area contributed by atoms with Gasteiger partial charge in [-0.1, -0.05) is 19.1 Å². The number of thiophene rings is 1. The van der Waals surface area contributed by atoms with Gasteiger partial charge >= 0.3 is 5.91 Å². The molecule has 134 valence electrons. The Morgan fingerprint density at radius 3 is 2.54 bits per heavy atom. The molecule has 0 unspecified atom stereocenters. The molecule has 0 bridgehead atoms. The van der Waals surface area contributed by atoms with Gasteiger partial charge in [0.25, 0.3) is 5.91 Å². The van der Waals surface area contributed by atoms with Crippen molar-refractivity contribution in [2.24, 2.45) is 0 Å². The second-order valence-electron chi connectivity index (χ2n) is 5.62. The molecule has 1 aromatic carbocycles. The van der Waals surface area contributed by atoms with Crippen LogP contribution in [0.3, 0.4) is 0 Å². The van der Waals surface area contributed by atoms with E-state index < -0.39 is 17.6 Å². The van der Waals surface area contributed by atoms with E-state index in [1.807, 2.05) is 13.8 Å². The third-order valence-electron chi connectivity index (χ3n) is 3.82. The number of amides is 2. The summed E-state index contributed by atoms with van der Waals surface area (Å²) in [5.41, 5.74) is 5.98. The van der Waals surface area contributed by atoms with E-state index in [1.165, 1.54) is 29.5 Å². The van der Waals surface area contributed by atoms with Crippen LogP contribution in [-0.4, -0.2) is 11.8 Å². The van der Waals surface area contributed by atoms with Crippen molar-refractivity contribution in [1.29, 1.82) is 0 Å². The van der Waals surface area contributed by atoms with Crippen molar-refractivity contribution in [1.82, 2.24) is 10.9 Å². The zero-order chi connectivity index (χ0) is 18.7. The Bertz CT molecular complexity index is 961. The highest BCUT2D eigenvalue weighted by molar-refractivity contribution is 7.14. The molecule has 0 saturated heterocycles. The molecule has 0 aliphatic heterocycles. The summed E-state index contributed by atoms with van der Waals surface area (Å²) in [6.07, 6.45) is 0.849. The third kappa shape index (κ3) is 3.67. The Kier molecular flexibility index (Phi) is 5.18. The van der Waals surface area contributed by atoms with Crippen LogP contribution in [0.4, 0.5) is 4.39 Å². The molecular formula is C19H17FN2O3S. The fourth-order valence-electron chi connectivity index (χ4n) is 2.49. The Labute approximate surface area is 153 Å². The predicted molar refractivity (Wildman–Crippen MR) is 97.5 cm³/mol. The average Bonchev–Trinajstić information content (AvgIpc) is 3.26. The molecule has 2 amide bonds. The highest BCUT2D eigenvalue weighted by Crippen LogP contribution is 2.25. The maximum Gasteiger partial charge on any atom is 0.305 e. The van der Waals surface area contributed by atoms with Crippen molar-refractivity contribution >= 4 is 23.2 Å². The molecule has 0 aliphatic rings. The van der Waals surface area contributed by atoms with Gasteiger partial charge in [0.2, 0.25) is 0 Å². The number of carbonyl (C=O) groups excluding carboxylic acids is 2. The van der Waals surface area contributed by atoms with E-state index in [-0.39, 0.29) is 17.1 Å². The molecule has 0 spiro atoms. The van der Waals surface area contributed by atoms with Crippen LogP contribution in [0.5, 0.6) is 0 Å². The van der Waals surface area contributed by atoms with E-state index in [1.54, 1.807) is 24.3 Å². The summed E-state index contributed by atoms with van der Waals surface area (Å²) in [5.74, 6) is -1.25. The zero-order valence-electron chi connectivity index (χ0n) is 14.3. The average molecular weight is 372 g/mol. The van der Waals surface area contributed by atoms with Crippen molar-refractivity contribution in [3.05, 3.63) is 69.4 Å². The summed E-state index contributed by atoms with van der Waals surface area (Å²) in [6, 6.07) is 10.8. The highest BCUT2D eigenvalue weighted by atomic mass is 32.1. The number of hydrogen-bond donors (Lipinski definition) is 2. The summed E-state index contributed by atoms with van der Waals surface area (Å²) in [6.45, 7) is 3.96. The molecule has 3 aromatic rings. The maximum absolute atomic E-state index is 13.8. The molecule has 5 nitrogen and oxygen atoms in total. The van der Waals surface area contributed by atoms with Crippen LogP contribution in [0.1, 0.15) is 37.6 Å². The second kappa shape index (κ2) is 7.53. The molecule has 26 heavy (non-hydrogen) atoms. The van der Waals surface area contributed by atoms with E-state index in [0.717, 1.165) is 16.9 Å². The first kappa shape index (κ1) is 17.9. The zero-order valence-corrected chi connectivity index (χ0v) is 15.1. The van der Waals surface area contributed by atoms with Crippen LogP contribution in [0, 0.1) is 12.7 Å². The van der Waals surface area contributed by atoms with Crippen LogP contribution in [0.2, 0.25) is 0 Å². The molecule has 0 radical (unpaired) electrons. The number of rotatable bonds is 4. The molecule has 7 heteroatoms. The third-order valence-corrected chi connectivity index (χ3v) is 5.20. The van der Waals surface area contributed by atoms with E-state index in [0.29, 0.717) is 4.88 Å². The normalized spacial score (nSPS) is 10.6. The lowest BCUT2D eigenvalue weighted by molar-refractivity contribution is 0.0833. The summed E-state index contributed by atoms with van der Waals surface area (Å²) in [5, 5.41) is 0. The maximum atomic E-state index is 13.8. The van der Waals surface area contributed by atoms with Crippen LogP contribution < -0.4 is 10.9 Å². The number of nitrogens with one attached hydrogen (secondary N) is 2. The van der Waals surface area contributed by atoms with Gasteiger partial charge in [0.1, 0.15) is 11.6 Å². The van der Waals surface area contributed by atoms with Gasteiger partial charge in [0, 0.05) is 4.88 Å². The van der Waals surface area contributed by atoms with E-state index >= 15 is 0 Å². The largest absolute Gasteiger partial charge is 0.451 e. The first-order valence-corrected chi connectivity index (χ1v) is 8.86. The second-order valence-corrected chi connectivity index (χ2v) is 6.76. The lowest BCUT2D eigenvalue weighted by atomic mass is 10.1. The monoisotopic (exact) mass is 372 g/mol. The molecule has 0 fully saturated rings. The number of carbonyl (C=O) groups is 2. The van der Waals surface area contributed by atoms with Gasteiger partial charge in [0.15, 0.2) is 5.76 Å². The molecular weight excluding hydrogens is 355 g/mol. The summed E-state index contributed by atoms with van der Waals surface area (Å²) in [7, 11) is 0. The first-order valence-electron chi connectivity index (χ1n) is 8.04. The van der Waals surface area contributed by atoms with Crippen LogP contribution >= 0.6 is 11.3 Å². The number of halogens is 1. The fraction of sp³-hybridized carbons (Fsp3) is 0.158. The van der Waals surface area contributed by atoms with Crippen LogP contribution in [-0.2, 0) is 6.42 Å². The Morgan fingerprint density at radius 1 is 1.12 bits per heavy atom. The highest BCUT2D eigenvalue weighted by Gasteiger charge is 2.16. The smallest absolute Gasteiger partial charge is 0.305 e. The van der Waals surface area contributed by atoms with E-state index in [4.69, 9.17) is 4.42 Å². The molecule has 2 N–H and O–H groups in total. The van der Waals surface area contributed by atoms with Gasteiger partial charge < -0.3 is 4.42 Å². The molecule has 2 aromatic heterocycles. The van der Waals surface area contributed by atoms with Crippen molar-refractivity contribution in [2.75, 3.05) is 0 Å². The van der Waals surface area contributed by atoms with E-state index in [2.05, 4.69) is 10.9 Å². The Hall–Kier alpha value is -2.93. The molecule has 0 atom stereocenters. The van der Waals surface area contributed by atoms with Gasteiger partial charge in [0.05, 0.1) is 10.4 Å². The minimum absolute atomic E-state index is 0.0276. The minimum atomic E-state index is -0.620. The molecule has 0 aliphatic carbocycles. The van der Waals surface area contributed by atoms with Crippen molar-refractivity contribution < 1.29 is 18.4 Å². The van der Waals surface area contributed by atoms with Crippen LogP contribution in [0.15, 0.2) is 46.9 Å². The van der Waals surface area contributed by atoms with Gasteiger partial charge in [-0.05, 0) is 49.2 Å². The number of aryl methyl sites for hydroxylation is 2. The SMILES string of the molecule is CCc1sc(C(=O)NNC(=O)c2ccc(-c3ccccc3F)o2)cc1C. The standard InChI is InChI=1S/C19H17FN2O3S/c1-3-16-11(2)10-17(26-16)19(24)22-21-18(23)15-9-8-14(25-15)12-6-4-5-7-13(12)20/h4-10H,3H2,1-2H3,(H,21,23)(H,22,24). The fourth-order valence-corrected chi connectivity index (χ4v) is 3.49. The number of benzene rings is 1. The Balaban J connectivity index is 1.65. The number of hydrogen-bond acceptors (Lipinski definition) is 4. The van der Waals surface area contributed by atoms with Crippen molar-refractivity contribution in [3.8, 4) is 11.3 Å².